The van der Waals surface area contributed by atoms with E-state index in [-0.39, 0.29) is 11.5 Å². The Balaban J connectivity index is 2.10. The lowest BCUT2D eigenvalue weighted by atomic mass is 10.1. The van der Waals surface area contributed by atoms with E-state index in [1.54, 1.807) is 33.3 Å². The number of ether oxygens (including phenoxy) is 3. The maximum absolute atomic E-state index is 12.4. The average molecular weight is 373 g/mol. The summed E-state index contributed by atoms with van der Waals surface area (Å²) in [6.45, 7) is 2.10. The first kappa shape index (κ1) is 20.1. The summed E-state index contributed by atoms with van der Waals surface area (Å²) in [6, 6.07) is 8.16. The van der Waals surface area contributed by atoms with Gasteiger partial charge in [0.25, 0.3) is 5.91 Å². The molecule has 0 aromatic heterocycles. The second-order valence-electron chi connectivity index (χ2n) is 5.89. The van der Waals surface area contributed by atoms with Crippen LogP contribution < -0.4 is 19.5 Å². The number of carbonyl (C=O) groups is 2. The molecule has 2 rings (SSSR count). The van der Waals surface area contributed by atoms with E-state index in [0.717, 1.165) is 5.56 Å². The number of hydrogen-bond donors (Lipinski definition) is 2. The first-order chi connectivity index (χ1) is 12.9. The van der Waals surface area contributed by atoms with Gasteiger partial charge in [-0.3, -0.25) is 4.79 Å². The Kier molecular flexibility index (Phi) is 6.65. The molecular formula is C20H23NO6. The molecule has 0 bridgehead atoms. The maximum Gasteiger partial charge on any atom is 0.335 e. The monoisotopic (exact) mass is 373 g/mol. The van der Waals surface area contributed by atoms with Crippen LogP contribution in [0.25, 0.3) is 0 Å². The van der Waals surface area contributed by atoms with E-state index in [9.17, 15) is 9.59 Å². The number of nitrogens with one attached hydrogen (secondary N) is 1. The fraction of sp³-hybridized carbons (Fsp3) is 0.300. The molecule has 0 saturated carbocycles. The van der Waals surface area contributed by atoms with Crippen LogP contribution in [0.5, 0.6) is 17.2 Å². The number of aryl methyl sites for hydroxylation is 1. The zero-order valence-electron chi connectivity index (χ0n) is 15.8. The second-order valence-corrected chi connectivity index (χ2v) is 5.89. The van der Waals surface area contributed by atoms with Crippen molar-refractivity contribution in [1.82, 2.24) is 5.32 Å². The number of hydrogen-bond acceptors (Lipinski definition) is 5. The second kappa shape index (κ2) is 8.93. The first-order valence-corrected chi connectivity index (χ1v) is 8.32. The Morgan fingerprint density at radius 2 is 1.63 bits per heavy atom. The average Bonchev–Trinajstić information content (AvgIpc) is 2.66. The summed E-state index contributed by atoms with van der Waals surface area (Å²) in [5, 5.41) is 11.9. The standard InChI is InChI=1S/C20H23NO6/c1-12-9-14(11-15(10-12)20(23)24)19(22)21-8-7-13-5-6-16(25-2)18(27-4)17(13)26-3/h5-6,9-11H,7-8H2,1-4H3,(H,21,22)(H,23,24). The molecule has 2 aromatic rings. The lowest BCUT2D eigenvalue weighted by molar-refractivity contribution is 0.0696. The maximum atomic E-state index is 12.4. The molecule has 0 spiro atoms. The molecule has 7 nitrogen and oxygen atoms in total. The van der Waals surface area contributed by atoms with Crippen LogP contribution in [0.4, 0.5) is 0 Å². The van der Waals surface area contributed by atoms with E-state index < -0.39 is 5.97 Å². The van der Waals surface area contributed by atoms with Crippen molar-refractivity contribution in [3.63, 3.8) is 0 Å². The molecule has 1 amide bonds. The third-order valence-corrected chi connectivity index (χ3v) is 4.05. The number of methoxy groups -OCH3 is 3. The highest BCUT2D eigenvalue weighted by Crippen LogP contribution is 2.39. The van der Waals surface area contributed by atoms with Gasteiger partial charge in [0.2, 0.25) is 5.75 Å². The van der Waals surface area contributed by atoms with Gasteiger partial charge in [-0.1, -0.05) is 6.07 Å². The smallest absolute Gasteiger partial charge is 0.335 e. The molecule has 27 heavy (non-hydrogen) atoms. The van der Waals surface area contributed by atoms with Crippen molar-refractivity contribution in [2.24, 2.45) is 0 Å². The molecule has 0 fully saturated rings. The van der Waals surface area contributed by atoms with Gasteiger partial charge in [-0.2, -0.15) is 0 Å². The van der Waals surface area contributed by atoms with E-state index in [4.69, 9.17) is 19.3 Å². The Morgan fingerprint density at radius 3 is 2.22 bits per heavy atom. The zero-order valence-corrected chi connectivity index (χ0v) is 15.8. The molecule has 0 saturated heterocycles. The number of carbonyl (C=O) groups excluding carboxylic acids is 1. The van der Waals surface area contributed by atoms with Crippen LogP contribution in [0.1, 0.15) is 31.8 Å². The van der Waals surface area contributed by atoms with Crippen LogP contribution in [0, 0.1) is 6.92 Å². The van der Waals surface area contributed by atoms with Crippen LogP contribution in [0.15, 0.2) is 30.3 Å². The van der Waals surface area contributed by atoms with Crippen LogP contribution >= 0.6 is 0 Å². The molecule has 2 aromatic carbocycles. The fourth-order valence-corrected chi connectivity index (χ4v) is 2.81. The van der Waals surface area contributed by atoms with Gasteiger partial charge in [-0.25, -0.2) is 4.79 Å². The fourth-order valence-electron chi connectivity index (χ4n) is 2.81. The normalized spacial score (nSPS) is 10.2. The molecule has 144 valence electrons. The largest absolute Gasteiger partial charge is 0.493 e. The van der Waals surface area contributed by atoms with Crippen LogP contribution in [-0.2, 0) is 6.42 Å². The van der Waals surface area contributed by atoms with Crippen molar-refractivity contribution in [2.75, 3.05) is 27.9 Å². The van der Waals surface area contributed by atoms with Crippen LogP contribution in [0.3, 0.4) is 0 Å². The predicted molar refractivity (Wildman–Crippen MR) is 100 cm³/mol. The molecule has 0 atom stereocenters. The topological polar surface area (TPSA) is 94.1 Å². The van der Waals surface area contributed by atoms with E-state index in [2.05, 4.69) is 5.32 Å². The van der Waals surface area contributed by atoms with Gasteiger partial charge >= 0.3 is 5.97 Å². The number of carboxylic acid groups (broad SMARTS) is 1. The SMILES string of the molecule is COc1ccc(CCNC(=O)c2cc(C)cc(C(=O)O)c2)c(OC)c1OC. The Morgan fingerprint density at radius 1 is 0.963 bits per heavy atom. The molecule has 0 aliphatic carbocycles. The van der Waals surface area contributed by atoms with E-state index in [1.807, 2.05) is 6.07 Å². The highest BCUT2D eigenvalue weighted by Gasteiger charge is 2.16. The van der Waals surface area contributed by atoms with Crippen molar-refractivity contribution >= 4 is 11.9 Å². The van der Waals surface area contributed by atoms with E-state index in [0.29, 0.717) is 41.3 Å². The lowest BCUT2D eigenvalue weighted by Gasteiger charge is -2.16. The zero-order chi connectivity index (χ0) is 20.0. The number of rotatable bonds is 8. The molecule has 0 aliphatic heterocycles. The van der Waals surface area contributed by atoms with Gasteiger partial charge in [0.15, 0.2) is 11.5 Å². The van der Waals surface area contributed by atoms with Crippen molar-refractivity contribution in [3.05, 3.63) is 52.6 Å². The minimum Gasteiger partial charge on any atom is -0.493 e. The molecule has 0 heterocycles. The van der Waals surface area contributed by atoms with Crippen molar-refractivity contribution in [3.8, 4) is 17.2 Å². The summed E-state index contributed by atoms with van der Waals surface area (Å²) in [5.74, 6) is 0.204. The predicted octanol–water partition coefficient (Wildman–Crippen LogP) is 2.69. The summed E-state index contributed by atoms with van der Waals surface area (Å²) in [4.78, 5) is 23.5. The van der Waals surface area contributed by atoms with Gasteiger partial charge in [-0.05, 0) is 43.2 Å². The summed E-state index contributed by atoms with van der Waals surface area (Å²) >= 11 is 0. The Labute approximate surface area is 157 Å². The van der Waals surface area contributed by atoms with Gasteiger partial charge in [0.1, 0.15) is 0 Å². The molecule has 0 radical (unpaired) electrons. The number of benzene rings is 2. The first-order valence-electron chi connectivity index (χ1n) is 8.32. The summed E-state index contributed by atoms with van der Waals surface area (Å²) in [7, 11) is 4.62. The minimum absolute atomic E-state index is 0.0849. The van der Waals surface area contributed by atoms with Gasteiger partial charge in [0.05, 0.1) is 26.9 Å². The Bertz CT molecular complexity index is 847. The van der Waals surface area contributed by atoms with E-state index >= 15 is 0 Å². The van der Waals surface area contributed by atoms with Crippen molar-refractivity contribution in [1.29, 1.82) is 0 Å². The highest BCUT2D eigenvalue weighted by molar-refractivity contribution is 5.97. The van der Waals surface area contributed by atoms with Crippen LogP contribution in [0.2, 0.25) is 0 Å². The third kappa shape index (κ3) is 4.69. The third-order valence-electron chi connectivity index (χ3n) is 4.05. The van der Waals surface area contributed by atoms with Crippen LogP contribution in [-0.4, -0.2) is 44.9 Å². The quantitative estimate of drug-likeness (QED) is 0.739. The number of amides is 1. The van der Waals surface area contributed by atoms with Crippen molar-refractivity contribution in [2.45, 2.75) is 13.3 Å². The summed E-state index contributed by atoms with van der Waals surface area (Å²) < 4.78 is 16.0. The van der Waals surface area contributed by atoms with Gasteiger partial charge < -0.3 is 24.6 Å². The Hall–Kier alpha value is -3.22. The van der Waals surface area contributed by atoms with E-state index in [1.165, 1.54) is 19.2 Å². The molecule has 2 N–H and O–H groups in total. The van der Waals surface area contributed by atoms with Crippen molar-refractivity contribution < 1.29 is 28.9 Å². The molecule has 0 unspecified atom stereocenters. The molecular weight excluding hydrogens is 350 g/mol. The van der Waals surface area contributed by atoms with Gasteiger partial charge in [0, 0.05) is 17.7 Å². The molecule has 0 aliphatic rings. The molecule has 7 heteroatoms. The number of aromatic carboxylic acids is 1. The minimum atomic E-state index is -1.07. The number of carboxylic acids is 1. The van der Waals surface area contributed by atoms with Gasteiger partial charge in [-0.15, -0.1) is 0 Å². The summed E-state index contributed by atoms with van der Waals surface area (Å²) in [5.41, 5.74) is 1.96. The summed E-state index contributed by atoms with van der Waals surface area (Å²) in [6.07, 6.45) is 0.507. The lowest BCUT2D eigenvalue weighted by Crippen LogP contribution is -2.26. The highest BCUT2D eigenvalue weighted by atomic mass is 16.5.